The fourth-order valence-corrected chi connectivity index (χ4v) is 10.0. The van der Waals surface area contributed by atoms with Gasteiger partial charge in [-0.15, -0.1) is 0 Å². The van der Waals surface area contributed by atoms with E-state index in [1.807, 2.05) is 0 Å². The predicted octanol–water partition coefficient (Wildman–Crippen LogP) is 5.47. The molecular weight excluding hydrogens is 344 g/mol. The number of carbonyl (C=O) groups is 1. The maximum Gasteiger partial charge on any atom is 0.312 e. The van der Waals surface area contributed by atoms with Crippen LogP contribution in [-0.2, 0) is 9.53 Å². The summed E-state index contributed by atoms with van der Waals surface area (Å²) in [5.41, 5.74) is -0.516. The van der Waals surface area contributed by atoms with Crippen molar-refractivity contribution in [1.29, 1.82) is 0 Å². The lowest BCUT2D eigenvalue weighted by Gasteiger charge is -2.46. The van der Waals surface area contributed by atoms with Crippen molar-refractivity contribution in [3.05, 3.63) is 13.8 Å². The van der Waals surface area contributed by atoms with Crippen molar-refractivity contribution < 1.29 is 9.53 Å². The Morgan fingerprint density at radius 2 is 1.68 bits per heavy atom. The Balaban J connectivity index is 1.25. The summed E-state index contributed by atoms with van der Waals surface area (Å²) in [5, 5.41) is 0. The summed E-state index contributed by atoms with van der Waals surface area (Å²) < 4.78 is 6.63. The van der Waals surface area contributed by atoms with Crippen molar-refractivity contribution in [2.75, 3.05) is 0 Å². The summed E-state index contributed by atoms with van der Waals surface area (Å²) in [6.45, 7) is 17.4. The maximum absolute atomic E-state index is 13.7. The lowest BCUT2D eigenvalue weighted by Crippen LogP contribution is -2.50. The number of hydrogen-bond donors (Lipinski definition) is 0. The number of carbonyl (C=O) groups excluding carboxylic acids is 1. The van der Waals surface area contributed by atoms with Crippen LogP contribution in [0, 0.1) is 78.4 Å². The third-order valence-corrected chi connectivity index (χ3v) is 11.0. The van der Waals surface area contributed by atoms with E-state index in [0.29, 0.717) is 29.6 Å². The van der Waals surface area contributed by atoms with Crippen molar-refractivity contribution in [3.8, 4) is 0 Å². The summed E-state index contributed by atoms with van der Waals surface area (Å²) in [5.74, 6) is 5.63. The molecule has 28 heavy (non-hydrogen) atoms. The van der Waals surface area contributed by atoms with Gasteiger partial charge in [-0.2, -0.15) is 0 Å². The van der Waals surface area contributed by atoms with Crippen LogP contribution < -0.4 is 0 Å². The van der Waals surface area contributed by atoms with Crippen molar-refractivity contribution in [1.82, 2.24) is 0 Å². The molecule has 4 radical (unpaired) electrons. The number of rotatable bonds is 3. The maximum atomic E-state index is 13.7. The highest BCUT2D eigenvalue weighted by Crippen LogP contribution is 2.69. The number of esters is 1. The van der Waals surface area contributed by atoms with Gasteiger partial charge in [-0.3, -0.25) is 4.79 Å². The van der Waals surface area contributed by atoms with Crippen molar-refractivity contribution >= 4 is 5.97 Å². The van der Waals surface area contributed by atoms with Gasteiger partial charge in [0.15, 0.2) is 0 Å². The second kappa shape index (κ2) is 5.79. The molecule has 0 amide bonds. The van der Waals surface area contributed by atoms with Gasteiger partial charge in [0.05, 0.1) is 5.41 Å². The van der Waals surface area contributed by atoms with Crippen LogP contribution in [0.3, 0.4) is 0 Å². The van der Waals surface area contributed by atoms with Gasteiger partial charge < -0.3 is 4.74 Å². The van der Waals surface area contributed by atoms with Crippen LogP contribution in [0.15, 0.2) is 0 Å². The van der Waals surface area contributed by atoms with Gasteiger partial charge in [0.1, 0.15) is 5.60 Å². The average Bonchev–Trinajstić information content (AvgIpc) is 3.43. The molecule has 0 aromatic heterocycles. The molecule has 0 aromatic rings. The summed E-state index contributed by atoms with van der Waals surface area (Å²) in [4.78, 5) is 13.7. The largest absolute Gasteiger partial charge is 0.458 e. The van der Waals surface area contributed by atoms with Gasteiger partial charge in [-0.05, 0) is 125 Å². The Labute approximate surface area is 171 Å². The zero-order valence-corrected chi connectivity index (χ0v) is 17.6. The van der Waals surface area contributed by atoms with E-state index in [9.17, 15) is 4.79 Å². The minimum atomic E-state index is -0.341. The summed E-state index contributed by atoms with van der Waals surface area (Å²) in [6, 6.07) is 0. The number of ether oxygens (including phenoxy) is 1. The topological polar surface area (TPSA) is 26.3 Å². The van der Waals surface area contributed by atoms with E-state index in [-0.39, 0.29) is 28.8 Å². The molecular formula is C26H36O2. The van der Waals surface area contributed by atoms with Gasteiger partial charge in [0, 0.05) is 5.92 Å². The first-order valence-corrected chi connectivity index (χ1v) is 12.1. The molecule has 2 heteroatoms. The molecule has 6 aliphatic carbocycles. The first-order valence-electron chi connectivity index (χ1n) is 12.1. The molecule has 0 aromatic carbocycles. The summed E-state index contributed by atoms with van der Waals surface area (Å²) in [7, 11) is 0. The molecule has 0 spiro atoms. The smallest absolute Gasteiger partial charge is 0.312 e. The van der Waals surface area contributed by atoms with Crippen molar-refractivity contribution in [2.24, 2.45) is 64.6 Å². The molecule has 6 aliphatic rings. The van der Waals surface area contributed by atoms with E-state index in [4.69, 9.17) is 18.6 Å². The van der Waals surface area contributed by atoms with Gasteiger partial charge in [-0.1, -0.05) is 13.3 Å². The molecule has 2 nitrogen and oxygen atoms in total. The van der Waals surface area contributed by atoms with Crippen LogP contribution in [0.5, 0.6) is 0 Å². The van der Waals surface area contributed by atoms with Crippen molar-refractivity contribution in [3.63, 3.8) is 0 Å². The lowest BCUT2D eigenvalue weighted by atomic mass is 9.64. The average molecular weight is 381 g/mol. The van der Waals surface area contributed by atoms with E-state index in [2.05, 4.69) is 13.8 Å². The molecule has 0 heterocycles. The monoisotopic (exact) mass is 380 g/mol. The van der Waals surface area contributed by atoms with E-state index in [0.717, 1.165) is 49.9 Å². The third kappa shape index (κ3) is 2.09. The van der Waals surface area contributed by atoms with E-state index < -0.39 is 0 Å². The Morgan fingerprint density at radius 1 is 0.964 bits per heavy atom. The normalized spacial score (nSPS) is 61.0. The summed E-state index contributed by atoms with van der Waals surface area (Å²) in [6.07, 6.45) is 10.6. The van der Waals surface area contributed by atoms with E-state index in [1.165, 1.54) is 25.7 Å². The molecule has 152 valence electrons. The van der Waals surface area contributed by atoms with Gasteiger partial charge in [0.2, 0.25) is 0 Å². The number of fused-ring (bicyclic) bond motifs is 10. The standard InChI is InChI=1S/C26H36O2/c1-5-26(13-16-10-20(26)19-8-6-7-18(16)19)28-24(27)25(4)12-17-11-21(25)23-15(3)9-14(2)22(17)23/h2-3,14-23H,5-13H2,1,4H3. The number of hydrogen-bond acceptors (Lipinski definition) is 2. The first kappa shape index (κ1) is 18.3. The quantitative estimate of drug-likeness (QED) is 0.607. The SMILES string of the molecule is [CH]C1CC([CH])C2C1C1CC2C(C)(C(=O)OC2(CC)CC3CC2C2CCCC32)C1. The van der Waals surface area contributed by atoms with Crippen LogP contribution in [-0.4, -0.2) is 11.6 Å². The highest BCUT2D eigenvalue weighted by molar-refractivity contribution is 5.78. The molecule has 12 atom stereocenters. The highest BCUT2D eigenvalue weighted by Gasteiger charge is 2.67. The van der Waals surface area contributed by atoms with Crippen LogP contribution in [0.4, 0.5) is 0 Å². The van der Waals surface area contributed by atoms with E-state index in [1.54, 1.807) is 0 Å². The predicted molar refractivity (Wildman–Crippen MR) is 108 cm³/mol. The minimum absolute atomic E-state index is 0.107. The van der Waals surface area contributed by atoms with E-state index >= 15 is 0 Å². The van der Waals surface area contributed by atoms with Crippen LogP contribution >= 0.6 is 0 Å². The molecule has 6 rings (SSSR count). The molecule has 6 fully saturated rings. The fourth-order valence-electron chi connectivity index (χ4n) is 10.0. The second-order valence-corrected chi connectivity index (χ2v) is 11.8. The zero-order valence-electron chi connectivity index (χ0n) is 17.6. The van der Waals surface area contributed by atoms with Gasteiger partial charge >= 0.3 is 5.97 Å². The van der Waals surface area contributed by atoms with Gasteiger partial charge in [-0.25, -0.2) is 0 Å². The highest BCUT2D eigenvalue weighted by atomic mass is 16.6. The molecule has 4 bridgehead atoms. The molecule has 0 N–H and O–H groups in total. The molecule has 12 unspecified atom stereocenters. The Morgan fingerprint density at radius 3 is 2.46 bits per heavy atom. The summed E-state index contributed by atoms with van der Waals surface area (Å²) >= 11 is 0. The van der Waals surface area contributed by atoms with Crippen LogP contribution in [0.1, 0.15) is 71.6 Å². The van der Waals surface area contributed by atoms with Crippen LogP contribution in [0.2, 0.25) is 0 Å². The molecule has 6 saturated carbocycles. The lowest BCUT2D eigenvalue weighted by molar-refractivity contribution is -0.187. The fraction of sp³-hybridized carbons (Fsp3) is 0.885. The zero-order chi connectivity index (χ0) is 19.4. The minimum Gasteiger partial charge on any atom is -0.458 e. The Bertz CT molecular complexity index is 686. The first-order chi connectivity index (χ1) is 13.4. The van der Waals surface area contributed by atoms with Crippen LogP contribution in [0.25, 0.3) is 0 Å². The Kier molecular flexibility index (Phi) is 3.77. The second-order valence-electron chi connectivity index (χ2n) is 11.8. The Hall–Kier alpha value is -0.530. The van der Waals surface area contributed by atoms with Crippen molar-refractivity contribution in [2.45, 2.75) is 77.2 Å². The molecule has 0 saturated heterocycles. The molecule has 0 aliphatic heterocycles. The van der Waals surface area contributed by atoms with Gasteiger partial charge in [0.25, 0.3) is 0 Å². The third-order valence-electron chi connectivity index (χ3n) is 11.0.